The smallest absolute Gasteiger partial charge is 0.320 e. The van der Waals surface area contributed by atoms with E-state index in [1.807, 2.05) is 16.8 Å². The average molecular weight is 822 g/mol. The molecular weight excluding hydrogens is 751 g/mol. The van der Waals surface area contributed by atoms with Gasteiger partial charge in [-0.1, -0.05) is 0 Å². The van der Waals surface area contributed by atoms with Gasteiger partial charge in [-0.05, 0) is 140 Å². The topological polar surface area (TPSA) is 179 Å². The minimum Gasteiger partial charge on any atom is -0.368 e. The van der Waals surface area contributed by atoms with E-state index in [4.69, 9.17) is 5.73 Å². The van der Waals surface area contributed by atoms with Crippen molar-refractivity contribution in [3.05, 3.63) is 0 Å². The summed E-state index contributed by atoms with van der Waals surface area (Å²) >= 11 is 0. The molecule has 8 atom stereocenters. The zero-order valence-electron chi connectivity index (χ0n) is 35.5. The molecule has 59 heavy (non-hydrogen) atoms. The summed E-state index contributed by atoms with van der Waals surface area (Å²) in [5.74, 6) is 0.259. The lowest BCUT2D eigenvalue weighted by Crippen LogP contribution is -2.74. The molecule has 2 aliphatic carbocycles. The number of nitrogens with one attached hydrogen (secondary N) is 4. The normalized spacial score (nSPS) is 39.2. The number of imide groups is 1. The summed E-state index contributed by atoms with van der Waals surface area (Å²) in [6.45, 7) is 10.6. The quantitative estimate of drug-likeness (QED) is 0.202. The molecule has 7 saturated heterocycles. The van der Waals surface area contributed by atoms with Crippen molar-refractivity contribution in [1.29, 1.82) is 0 Å². The molecule has 0 aromatic carbocycles. The van der Waals surface area contributed by atoms with E-state index >= 15 is 0 Å². The molecule has 0 aromatic rings. The minimum absolute atomic E-state index is 0.0436. The monoisotopic (exact) mass is 822 g/mol. The number of rotatable bonds is 9. The van der Waals surface area contributed by atoms with Crippen LogP contribution in [-0.2, 0) is 19.2 Å². The average Bonchev–Trinajstić information content (AvgIpc) is 3.75. The van der Waals surface area contributed by atoms with Crippen LogP contribution >= 0.6 is 0 Å². The Balaban J connectivity index is 0.693. The SMILES string of the molecule is CN1CCN([C@@H]2CCCN(C3CNC(C(N)=O)C(NC4CCC(N5CCC6(CCN(CC7CCC8C(=O)N([C@@H]9CCC(=O)NC9=O)CC8C7)CC6)CC5)CC4)N3)C2)C1=O. The summed E-state index contributed by atoms with van der Waals surface area (Å²) in [6.07, 6.45) is 15.5. The maximum absolute atomic E-state index is 13.3. The molecule has 9 aliphatic rings. The number of carbonyl (C=O) groups excluding carboxylic acids is 5. The highest BCUT2D eigenvalue weighted by Crippen LogP contribution is 2.45. The van der Waals surface area contributed by atoms with E-state index < -0.39 is 12.1 Å². The molecule has 16 heteroatoms. The first-order valence-electron chi connectivity index (χ1n) is 23.4. The number of amides is 6. The fraction of sp³-hybridized carbons (Fsp3) is 0.884. The molecule has 0 aromatic heterocycles. The molecule has 2 saturated carbocycles. The van der Waals surface area contributed by atoms with E-state index in [2.05, 4.69) is 36.0 Å². The standard InChI is InChI=1S/C43H71N11O5/c1-49-21-22-53(42(49)59)32-3-2-16-52(27-32)35-24-45-37(38(44)56)39(47-35)46-30-5-7-31(8-6-30)51-19-14-43(15-20-51)12-17-50(18-13-43)25-28-4-9-33-29(23-28)26-54(41(33)58)34-10-11-36(55)48-40(34)57/h28-35,37,39,45-47H,2-27H2,1H3,(H2,44,56)(H,48,55,57)/t28?,29?,30?,31?,32-,33?,34-,35?,37?,39?/m1/s1. The Morgan fingerprint density at radius 1 is 0.814 bits per heavy atom. The van der Waals surface area contributed by atoms with Crippen LogP contribution in [-0.4, -0.2) is 181 Å². The summed E-state index contributed by atoms with van der Waals surface area (Å²) in [5, 5.41) is 13.5. The van der Waals surface area contributed by atoms with Crippen LogP contribution in [0.5, 0.6) is 0 Å². The van der Waals surface area contributed by atoms with Crippen molar-refractivity contribution < 1.29 is 24.0 Å². The van der Waals surface area contributed by atoms with Gasteiger partial charge in [0.25, 0.3) is 0 Å². The lowest BCUT2D eigenvalue weighted by Gasteiger charge is -2.50. The first-order valence-corrected chi connectivity index (χ1v) is 23.4. The molecule has 6 N–H and O–H groups in total. The second kappa shape index (κ2) is 17.5. The van der Waals surface area contributed by atoms with Gasteiger partial charge in [0.15, 0.2) is 0 Å². The van der Waals surface area contributed by atoms with Crippen LogP contribution in [0, 0.1) is 23.2 Å². The fourth-order valence-electron chi connectivity index (χ4n) is 13.1. The summed E-state index contributed by atoms with van der Waals surface area (Å²) in [5.41, 5.74) is 6.39. The summed E-state index contributed by atoms with van der Waals surface area (Å²) in [7, 11) is 1.88. The van der Waals surface area contributed by atoms with Gasteiger partial charge in [-0.2, -0.15) is 0 Å². The largest absolute Gasteiger partial charge is 0.368 e. The van der Waals surface area contributed by atoms with E-state index in [-0.39, 0.29) is 54.0 Å². The van der Waals surface area contributed by atoms with Gasteiger partial charge in [-0.15, -0.1) is 0 Å². The predicted molar refractivity (Wildman–Crippen MR) is 221 cm³/mol. The van der Waals surface area contributed by atoms with Gasteiger partial charge in [0.1, 0.15) is 12.1 Å². The zero-order chi connectivity index (χ0) is 40.8. The molecular formula is C43H71N11O5. The number of likely N-dealkylation sites (N-methyl/N-ethyl adjacent to an activating group) is 1. The number of fused-ring (bicyclic) bond motifs is 1. The number of carbonyl (C=O) groups is 5. The number of piperazine rings is 1. The Bertz CT molecular complexity index is 1570. The van der Waals surface area contributed by atoms with Gasteiger partial charge in [-0.3, -0.25) is 40.0 Å². The van der Waals surface area contributed by atoms with Crippen LogP contribution in [0.25, 0.3) is 0 Å². The van der Waals surface area contributed by atoms with Crippen molar-refractivity contribution in [3.63, 3.8) is 0 Å². The molecule has 16 nitrogen and oxygen atoms in total. The first kappa shape index (κ1) is 41.5. The van der Waals surface area contributed by atoms with E-state index in [1.165, 1.54) is 64.7 Å². The van der Waals surface area contributed by atoms with Crippen molar-refractivity contribution in [2.75, 3.05) is 79.0 Å². The maximum atomic E-state index is 13.3. The number of hydrogen-bond acceptors (Lipinski definition) is 11. The van der Waals surface area contributed by atoms with E-state index in [0.717, 1.165) is 77.7 Å². The van der Waals surface area contributed by atoms with E-state index in [0.29, 0.717) is 55.3 Å². The van der Waals surface area contributed by atoms with Gasteiger partial charge in [0, 0.05) is 76.8 Å². The number of piperidine rings is 4. The molecule has 9 rings (SSSR count). The summed E-state index contributed by atoms with van der Waals surface area (Å²) in [4.78, 5) is 76.4. The van der Waals surface area contributed by atoms with Gasteiger partial charge >= 0.3 is 6.03 Å². The minimum atomic E-state index is -0.480. The lowest BCUT2D eigenvalue weighted by atomic mass is 9.70. The Labute approximate surface area is 350 Å². The second-order valence-corrected chi connectivity index (χ2v) is 20.1. The Hall–Kier alpha value is -2.89. The molecule has 0 radical (unpaired) electrons. The second-order valence-electron chi connectivity index (χ2n) is 20.1. The lowest BCUT2D eigenvalue weighted by molar-refractivity contribution is -0.144. The highest BCUT2D eigenvalue weighted by molar-refractivity contribution is 6.02. The third kappa shape index (κ3) is 8.77. The Morgan fingerprint density at radius 3 is 2.29 bits per heavy atom. The number of likely N-dealkylation sites (tertiary alicyclic amines) is 4. The van der Waals surface area contributed by atoms with Crippen molar-refractivity contribution in [2.24, 2.45) is 28.9 Å². The number of nitrogens with two attached hydrogens (primary N) is 1. The van der Waals surface area contributed by atoms with Crippen LogP contribution in [0.4, 0.5) is 4.79 Å². The highest BCUT2D eigenvalue weighted by Gasteiger charge is 2.49. The van der Waals surface area contributed by atoms with Crippen molar-refractivity contribution >= 4 is 29.7 Å². The summed E-state index contributed by atoms with van der Waals surface area (Å²) in [6, 6.07) is 0.387. The first-order chi connectivity index (χ1) is 28.5. The van der Waals surface area contributed by atoms with Gasteiger partial charge in [-0.25, -0.2) is 4.79 Å². The van der Waals surface area contributed by atoms with E-state index in [9.17, 15) is 24.0 Å². The highest BCUT2D eigenvalue weighted by atomic mass is 16.2. The van der Waals surface area contributed by atoms with Crippen molar-refractivity contribution in [1.82, 2.24) is 50.7 Å². The van der Waals surface area contributed by atoms with Crippen LogP contribution in [0.15, 0.2) is 0 Å². The van der Waals surface area contributed by atoms with Gasteiger partial charge in [0.05, 0.1) is 12.3 Å². The molecule has 7 heterocycles. The Morgan fingerprint density at radius 2 is 1.58 bits per heavy atom. The maximum Gasteiger partial charge on any atom is 0.320 e. The number of hydrogen-bond donors (Lipinski definition) is 5. The Kier molecular flexibility index (Phi) is 12.3. The molecule has 9 fully saturated rings. The third-order valence-electron chi connectivity index (χ3n) is 16.7. The molecule has 0 bridgehead atoms. The number of primary amides is 1. The van der Waals surface area contributed by atoms with Gasteiger partial charge < -0.3 is 35.6 Å². The number of nitrogens with zero attached hydrogens (tertiary/aromatic N) is 6. The molecule has 6 unspecified atom stereocenters. The van der Waals surface area contributed by atoms with Crippen molar-refractivity contribution in [2.45, 2.75) is 139 Å². The molecule has 1 spiro atoms. The van der Waals surface area contributed by atoms with Crippen LogP contribution in [0.3, 0.4) is 0 Å². The van der Waals surface area contributed by atoms with Crippen LogP contribution in [0.2, 0.25) is 0 Å². The number of urea groups is 1. The van der Waals surface area contributed by atoms with E-state index in [1.54, 1.807) is 4.90 Å². The van der Waals surface area contributed by atoms with Crippen LogP contribution in [0.1, 0.15) is 96.3 Å². The molecule has 6 amide bonds. The third-order valence-corrected chi connectivity index (χ3v) is 16.7. The van der Waals surface area contributed by atoms with Crippen LogP contribution < -0.4 is 27.0 Å². The molecule has 328 valence electrons. The predicted octanol–water partition coefficient (Wildman–Crippen LogP) is 0.276. The summed E-state index contributed by atoms with van der Waals surface area (Å²) < 4.78 is 0. The fourth-order valence-corrected chi connectivity index (χ4v) is 13.1. The zero-order valence-corrected chi connectivity index (χ0v) is 35.5. The molecule has 7 aliphatic heterocycles. The van der Waals surface area contributed by atoms with Crippen molar-refractivity contribution in [3.8, 4) is 0 Å². The van der Waals surface area contributed by atoms with Gasteiger partial charge in [0.2, 0.25) is 23.6 Å².